The van der Waals surface area contributed by atoms with E-state index in [4.69, 9.17) is 0 Å². The summed E-state index contributed by atoms with van der Waals surface area (Å²) in [5.41, 5.74) is 0.905. The van der Waals surface area contributed by atoms with Crippen LogP contribution < -0.4 is 5.32 Å². The van der Waals surface area contributed by atoms with Crippen molar-refractivity contribution >= 4 is 17.7 Å². The quantitative estimate of drug-likeness (QED) is 0.608. The number of carbonyl (C=O) groups is 3. The van der Waals surface area contributed by atoms with Crippen LogP contribution in [-0.4, -0.2) is 35.7 Å². The monoisotopic (exact) mass is 380 g/mol. The average Bonchev–Trinajstić information content (AvgIpc) is 2.91. The van der Waals surface area contributed by atoms with Crippen molar-refractivity contribution in [2.45, 2.75) is 51.4 Å². The smallest absolute Gasteiger partial charge is 0.261 e. The lowest BCUT2D eigenvalue weighted by Gasteiger charge is -2.55. The maximum atomic E-state index is 12.9. The van der Waals surface area contributed by atoms with E-state index in [2.05, 4.69) is 5.32 Å². The number of hydrogen-bond acceptors (Lipinski definition) is 3. The zero-order valence-corrected chi connectivity index (χ0v) is 16.3. The van der Waals surface area contributed by atoms with Crippen molar-refractivity contribution in [2.75, 3.05) is 13.1 Å². The molecule has 28 heavy (non-hydrogen) atoms. The molecule has 1 aliphatic heterocycles. The van der Waals surface area contributed by atoms with Crippen LogP contribution in [0.15, 0.2) is 24.3 Å². The van der Waals surface area contributed by atoms with Gasteiger partial charge in [-0.15, -0.1) is 0 Å². The molecule has 4 saturated carbocycles. The summed E-state index contributed by atoms with van der Waals surface area (Å²) in [7, 11) is 0. The first-order chi connectivity index (χ1) is 13.6. The summed E-state index contributed by atoms with van der Waals surface area (Å²) in [6.07, 6.45) is 8.77. The number of amides is 3. The number of benzene rings is 1. The number of nitrogens with zero attached hydrogens (tertiary/aromatic N) is 1. The molecular formula is C23H28N2O3. The van der Waals surface area contributed by atoms with E-state index in [9.17, 15) is 14.4 Å². The van der Waals surface area contributed by atoms with Gasteiger partial charge in [0.05, 0.1) is 11.1 Å². The van der Waals surface area contributed by atoms with Crippen LogP contribution in [0.5, 0.6) is 0 Å². The van der Waals surface area contributed by atoms with Gasteiger partial charge in [-0.2, -0.15) is 0 Å². The van der Waals surface area contributed by atoms with Crippen LogP contribution in [0.2, 0.25) is 0 Å². The molecule has 1 aromatic carbocycles. The fourth-order valence-electron chi connectivity index (χ4n) is 6.62. The average molecular weight is 380 g/mol. The summed E-state index contributed by atoms with van der Waals surface area (Å²) in [5.74, 6) is 2.17. The van der Waals surface area contributed by atoms with Gasteiger partial charge in [-0.1, -0.05) is 12.1 Å². The molecule has 5 aliphatic rings. The SMILES string of the molecule is O=C1c2ccccc2C(=O)N1CCCCNC(=O)C12CC3CC(CC(C3)C1)C2. The number of imide groups is 1. The van der Waals surface area contributed by atoms with E-state index in [0.29, 0.717) is 30.6 Å². The Bertz CT molecular complexity index is 761. The largest absolute Gasteiger partial charge is 0.356 e. The zero-order chi connectivity index (χ0) is 19.3. The molecule has 1 N–H and O–H groups in total. The summed E-state index contributed by atoms with van der Waals surface area (Å²) >= 11 is 0. The minimum absolute atomic E-state index is 0.0999. The maximum absolute atomic E-state index is 12.9. The Balaban J connectivity index is 1.10. The van der Waals surface area contributed by atoms with Crippen LogP contribution in [0.4, 0.5) is 0 Å². The minimum Gasteiger partial charge on any atom is -0.356 e. The lowest BCUT2D eigenvalue weighted by molar-refractivity contribution is -0.146. The van der Waals surface area contributed by atoms with E-state index in [1.54, 1.807) is 24.3 Å². The first-order valence-corrected chi connectivity index (χ1v) is 10.8. The van der Waals surface area contributed by atoms with Crippen molar-refractivity contribution < 1.29 is 14.4 Å². The zero-order valence-electron chi connectivity index (χ0n) is 16.3. The summed E-state index contributed by atoms with van der Waals surface area (Å²) < 4.78 is 0. The Morgan fingerprint density at radius 2 is 1.46 bits per heavy atom. The molecule has 0 atom stereocenters. The number of hydrogen-bond donors (Lipinski definition) is 1. The third-order valence-electron chi connectivity index (χ3n) is 7.49. The predicted octanol–water partition coefficient (Wildman–Crippen LogP) is 3.40. The van der Waals surface area contributed by atoms with Gasteiger partial charge in [-0.25, -0.2) is 0 Å². The van der Waals surface area contributed by atoms with Gasteiger partial charge in [-0.05, 0) is 81.3 Å². The summed E-state index contributed by atoms with van der Waals surface area (Å²) in [5, 5.41) is 3.18. The Hall–Kier alpha value is -2.17. The van der Waals surface area contributed by atoms with E-state index in [-0.39, 0.29) is 23.1 Å². The summed E-state index contributed by atoms with van der Waals surface area (Å²) in [4.78, 5) is 39.0. The molecular weight excluding hydrogens is 352 g/mol. The highest BCUT2D eigenvalue weighted by atomic mass is 16.2. The third-order valence-corrected chi connectivity index (χ3v) is 7.49. The van der Waals surface area contributed by atoms with Crippen LogP contribution in [0, 0.1) is 23.2 Å². The fraction of sp³-hybridized carbons (Fsp3) is 0.609. The van der Waals surface area contributed by atoms with Crippen LogP contribution in [0.1, 0.15) is 72.1 Å². The Morgan fingerprint density at radius 3 is 2.00 bits per heavy atom. The highest BCUT2D eigenvalue weighted by Gasteiger charge is 2.54. The van der Waals surface area contributed by atoms with Crippen LogP contribution in [0.25, 0.3) is 0 Å². The fourth-order valence-corrected chi connectivity index (χ4v) is 6.62. The minimum atomic E-state index is -0.196. The standard InChI is InChI=1S/C23H28N2O3/c26-20-18-5-1-2-6-19(18)21(27)25(20)8-4-3-7-24-22(28)23-12-15-9-16(13-23)11-17(10-15)14-23/h1-2,5-6,15-17H,3-4,7-14H2,(H,24,28). The Labute approximate surface area is 165 Å². The van der Waals surface area contributed by atoms with Crippen molar-refractivity contribution in [1.82, 2.24) is 10.2 Å². The van der Waals surface area contributed by atoms with E-state index >= 15 is 0 Å². The van der Waals surface area contributed by atoms with Crippen LogP contribution in [-0.2, 0) is 4.79 Å². The van der Waals surface area contributed by atoms with Crippen molar-refractivity contribution in [3.63, 3.8) is 0 Å². The lowest BCUT2D eigenvalue weighted by atomic mass is 9.49. The van der Waals surface area contributed by atoms with Gasteiger partial charge >= 0.3 is 0 Å². The molecule has 0 radical (unpaired) electrons. The molecule has 3 amide bonds. The Morgan fingerprint density at radius 1 is 0.929 bits per heavy atom. The van der Waals surface area contributed by atoms with E-state index in [1.165, 1.54) is 24.2 Å². The number of fused-ring (bicyclic) bond motifs is 1. The van der Waals surface area contributed by atoms with E-state index in [0.717, 1.165) is 43.4 Å². The van der Waals surface area contributed by atoms with Gasteiger partial charge in [0.2, 0.25) is 5.91 Å². The van der Waals surface area contributed by atoms with Crippen molar-refractivity contribution in [3.05, 3.63) is 35.4 Å². The summed E-state index contributed by atoms with van der Waals surface area (Å²) in [6.45, 7) is 1.04. The first kappa shape index (κ1) is 17.9. The van der Waals surface area contributed by atoms with Crippen molar-refractivity contribution in [1.29, 1.82) is 0 Å². The molecule has 4 bridgehead atoms. The van der Waals surface area contributed by atoms with E-state index < -0.39 is 0 Å². The van der Waals surface area contributed by atoms with Crippen LogP contribution in [0.3, 0.4) is 0 Å². The normalized spacial score (nSPS) is 32.7. The highest BCUT2D eigenvalue weighted by Crippen LogP contribution is 2.60. The third kappa shape index (κ3) is 2.87. The number of nitrogens with one attached hydrogen (secondary N) is 1. The number of unbranched alkanes of at least 4 members (excludes halogenated alkanes) is 1. The molecule has 4 fully saturated rings. The van der Waals surface area contributed by atoms with Gasteiger partial charge in [-0.3, -0.25) is 19.3 Å². The van der Waals surface area contributed by atoms with Gasteiger partial charge < -0.3 is 5.32 Å². The lowest BCUT2D eigenvalue weighted by Crippen LogP contribution is -2.53. The molecule has 0 unspecified atom stereocenters. The van der Waals surface area contributed by atoms with E-state index in [1.807, 2.05) is 0 Å². The maximum Gasteiger partial charge on any atom is 0.261 e. The highest BCUT2D eigenvalue weighted by molar-refractivity contribution is 6.21. The topological polar surface area (TPSA) is 66.5 Å². The molecule has 0 spiro atoms. The second kappa shape index (κ2) is 6.71. The first-order valence-electron chi connectivity index (χ1n) is 10.8. The molecule has 1 heterocycles. The molecule has 0 aromatic heterocycles. The van der Waals surface area contributed by atoms with Crippen molar-refractivity contribution in [3.8, 4) is 0 Å². The number of rotatable bonds is 6. The Kier molecular flexibility index (Phi) is 4.29. The van der Waals surface area contributed by atoms with Crippen molar-refractivity contribution in [2.24, 2.45) is 23.2 Å². The summed E-state index contributed by atoms with van der Waals surface area (Å²) in [6, 6.07) is 6.99. The molecule has 6 rings (SSSR count). The molecule has 148 valence electrons. The van der Waals surface area contributed by atoms with Gasteiger partial charge in [0.15, 0.2) is 0 Å². The second-order valence-corrected chi connectivity index (χ2v) is 9.47. The molecule has 4 aliphatic carbocycles. The van der Waals surface area contributed by atoms with Crippen LogP contribution >= 0.6 is 0 Å². The molecule has 1 aromatic rings. The van der Waals surface area contributed by atoms with Gasteiger partial charge in [0.1, 0.15) is 0 Å². The number of carbonyl (C=O) groups excluding carboxylic acids is 3. The van der Waals surface area contributed by atoms with Gasteiger partial charge in [0.25, 0.3) is 11.8 Å². The predicted molar refractivity (Wildman–Crippen MR) is 105 cm³/mol. The molecule has 5 heteroatoms. The molecule has 5 nitrogen and oxygen atoms in total. The molecule has 0 saturated heterocycles. The van der Waals surface area contributed by atoms with Gasteiger partial charge in [0, 0.05) is 18.5 Å². The second-order valence-electron chi connectivity index (χ2n) is 9.47.